The smallest absolute Gasteiger partial charge is 0.246 e. The Bertz CT molecular complexity index is 1270. The van der Waals surface area contributed by atoms with Crippen molar-refractivity contribution in [3.05, 3.63) is 85.0 Å². The molecule has 4 rings (SSSR count). The number of carbonyl (C=O) groups excluding carboxylic acids is 2. The van der Waals surface area contributed by atoms with E-state index in [9.17, 15) is 9.59 Å². The van der Waals surface area contributed by atoms with Crippen molar-refractivity contribution in [2.75, 3.05) is 18.5 Å². The largest absolute Gasteiger partial charge is 0.494 e. The predicted octanol–water partition coefficient (Wildman–Crippen LogP) is 4.91. The van der Waals surface area contributed by atoms with E-state index in [0.717, 1.165) is 17.0 Å². The zero-order valence-corrected chi connectivity index (χ0v) is 19.8. The van der Waals surface area contributed by atoms with Gasteiger partial charge in [-0.2, -0.15) is 0 Å². The number of furan rings is 1. The number of hydrogen-bond acceptors (Lipinski definition) is 5. The normalized spacial score (nSPS) is 10.7. The minimum absolute atomic E-state index is 0.125. The predicted molar refractivity (Wildman–Crippen MR) is 133 cm³/mol. The maximum absolute atomic E-state index is 13.1. The number of anilines is 1. The molecule has 0 aliphatic rings. The molecule has 8 nitrogen and oxygen atoms in total. The van der Waals surface area contributed by atoms with Crippen LogP contribution in [0.2, 0.25) is 0 Å². The van der Waals surface area contributed by atoms with Gasteiger partial charge >= 0.3 is 0 Å². The van der Waals surface area contributed by atoms with Crippen molar-refractivity contribution in [2.24, 2.45) is 0 Å². The third-order valence-corrected chi connectivity index (χ3v) is 5.35. The maximum Gasteiger partial charge on any atom is 0.246 e. The van der Waals surface area contributed by atoms with Gasteiger partial charge in [0, 0.05) is 24.2 Å². The molecular weight excluding hydrogens is 444 g/mol. The van der Waals surface area contributed by atoms with E-state index >= 15 is 0 Å². The van der Waals surface area contributed by atoms with Crippen molar-refractivity contribution in [2.45, 2.75) is 26.8 Å². The summed E-state index contributed by atoms with van der Waals surface area (Å²) in [7, 11) is 0. The summed E-state index contributed by atoms with van der Waals surface area (Å²) in [6, 6.07) is 20.8. The Kier molecular flexibility index (Phi) is 7.62. The first-order chi connectivity index (χ1) is 17.1. The highest BCUT2D eigenvalue weighted by molar-refractivity contribution is 5.93. The molecule has 180 valence electrons. The van der Waals surface area contributed by atoms with Crippen molar-refractivity contribution in [3.63, 3.8) is 0 Å². The highest BCUT2D eigenvalue weighted by atomic mass is 16.5. The van der Waals surface area contributed by atoms with Gasteiger partial charge in [-0.05, 0) is 31.2 Å². The average molecular weight is 473 g/mol. The molecule has 0 atom stereocenters. The van der Waals surface area contributed by atoms with Gasteiger partial charge in [-0.15, -0.1) is 0 Å². The van der Waals surface area contributed by atoms with Crippen LogP contribution in [0.1, 0.15) is 26.0 Å². The van der Waals surface area contributed by atoms with Crippen LogP contribution >= 0.6 is 0 Å². The second-order valence-electron chi connectivity index (χ2n) is 7.85. The van der Waals surface area contributed by atoms with Crippen LogP contribution in [0.25, 0.3) is 16.9 Å². The Morgan fingerprint density at radius 2 is 1.89 bits per heavy atom. The average Bonchev–Trinajstić information content (AvgIpc) is 3.54. The molecule has 0 saturated heterocycles. The number of carbonyl (C=O) groups is 2. The van der Waals surface area contributed by atoms with Crippen LogP contribution in [0.5, 0.6) is 5.75 Å². The zero-order valence-electron chi connectivity index (χ0n) is 19.8. The van der Waals surface area contributed by atoms with Crippen molar-refractivity contribution in [3.8, 4) is 22.7 Å². The highest BCUT2D eigenvalue weighted by Crippen LogP contribution is 2.26. The van der Waals surface area contributed by atoms with E-state index in [1.54, 1.807) is 29.9 Å². The van der Waals surface area contributed by atoms with Gasteiger partial charge in [-0.1, -0.05) is 43.3 Å². The van der Waals surface area contributed by atoms with Gasteiger partial charge in [0.05, 0.1) is 30.8 Å². The van der Waals surface area contributed by atoms with Gasteiger partial charge in [0.1, 0.15) is 18.1 Å². The fraction of sp³-hybridized carbons (Fsp3) is 0.222. The van der Waals surface area contributed by atoms with E-state index in [1.807, 2.05) is 67.7 Å². The van der Waals surface area contributed by atoms with Gasteiger partial charge in [0.25, 0.3) is 0 Å². The van der Waals surface area contributed by atoms with Gasteiger partial charge < -0.3 is 14.1 Å². The first-order valence-corrected chi connectivity index (χ1v) is 11.6. The van der Waals surface area contributed by atoms with Crippen LogP contribution in [0, 0.1) is 0 Å². The van der Waals surface area contributed by atoms with E-state index in [4.69, 9.17) is 9.15 Å². The number of aromatic nitrogens is 2. The van der Waals surface area contributed by atoms with Crippen molar-refractivity contribution in [1.82, 2.24) is 14.5 Å². The molecule has 8 heteroatoms. The summed E-state index contributed by atoms with van der Waals surface area (Å²) in [5.74, 6) is 1.18. The van der Waals surface area contributed by atoms with E-state index < -0.39 is 0 Å². The summed E-state index contributed by atoms with van der Waals surface area (Å²) in [5.41, 5.74) is 2.42. The van der Waals surface area contributed by atoms with Gasteiger partial charge in [-0.3, -0.25) is 19.5 Å². The summed E-state index contributed by atoms with van der Waals surface area (Å²) >= 11 is 0. The number of imidazole rings is 1. The van der Waals surface area contributed by atoms with E-state index in [-0.39, 0.29) is 31.3 Å². The standard InChI is InChI=1S/C27H28N4O4/c1-3-26(33)30(17-23-14-9-15-35-23)19-25(32)29-27-28-24(20-10-6-5-7-11-20)18-31(27)21-12-8-13-22(16-21)34-4-2/h5-16,18H,3-4,17,19H2,1-2H3,(H,28,29,32). The highest BCUT2D eigenvalue weighted by Gasteiger charge is 2.20. The molecule has 2 aromatic heterocycles. The molecule has 0 radical (unpaired) electrons. The molecule has 0 fully saturated rings. The molecule has 0 aliphatic heterocycles. The molecule has 0 aliphatic carbocycles. The van der Waals surface area contributed by atoms with Gasteiger partial charge in [0.15, 0.2) is 0 Å². The quantitative estimate of drug-likeness (QED) is 0.354. The first kappa shape index (κ1) is 23.8. The molecule has 2 amide bonds. The summed E-state index contributed by atoms with van der Waals surface area (Å²) in [5, 5.41) is 2.89. The summed E-state index contributed by atoms with van der Waals surface area (Å²) in [6.45, 7) is 4.32. The van der Waals surface area contributed by atoms with Crippen LogP contribution in [0.3, 0.4) is 0 Å². The van der Waals surface area contributed by atoms with Crippen LogP contribution in [0.15, 0.2) is 83.6 Å². The lowest BCUT2D eigenvalue weighted by atomic mass is 10.2. The molecule has 0 bridgehead atoms. The molecule has 4 aromatic rings. The second kappa shape index (κ2) is 11.2. The van der Waals surface area contributed by atoms with E-state index in [0.29, 0.717) is 24.0 Å². The third kappa shape index (κ3) is 5.97. The number of ether oxygens (including phenoxy) is 1. The molecular formula is C27H28N4O4. The number of nitrogens with one attached hydrogen (secondary N) is 1. The number of hydrogen-bond donors (Lipinski definition) is 1. The van der Waals surface area contributed by atoms with Gasteiger partial charge in [-0.25, -0.2) is 4.98 Å². The van der Waals surface area contributed by atoms with E-state index in [1.165, 1.54) is 4.90 Å². The van der Waals surface area contributed by atoms with Crippen molar-refractivity contribution in [1.29, 1.82) is 0 Å². The topological polar surface area (TPSA) is 89.6 Å². The van der Waals surface area contributed by atoms with Gasteiger partial charge in [0.2, 0.25) is 17.8 Å². The summed E-state index contributed by atoms with van der Waals surface area (Å²) in [4.78, 5) is 31.7. The fourth-order valence-electron chi connectivity index (χ4n) is 3.69. The van der Waals surface area contributed by atoms with E-state index in [2.05, 4.69) is 10.3 Å². The second-order valence-corrected chi connectivity index (χ2v) is 7.85. The Morgan fingerprint density at radius 1 is 1.06 bits per heavy atom. The van der Waals surface area contributed by atoms with Crippen LogP contribution in [-0.2, 0) is 16.1 Å². The van der Waals surface area contributed by atoms with Crippen LogP contribution in [0.4, 0.5) is 5.95 Å². The molecule has 2 heterocycles. The van der Waals surface area contributed by atoms with Crippen molar-refractivity contribution >= 4 is 17.8 Å². The monoisotopic (exact) mass is 472 g/mol. The molecule has 35 heavy (non-hydrogen) atoms. The zero-order chi connectivity index (χ0) is 24.6. The Balaban J connectivity index is 1.62. The summed E-state index contributed by atoms with van der Waals surface area (Å²) in [6.07, 6.45) is 3.70. The fourth-order valence-corrected chi connectivity index (χ4v) is 3.69. The third-order valence-electron chi connectivity index (χ3n) is 5.35. The van der Waals surface area contributed by atoms with Crippen LogP contribution < -0.4 is 10.1 Å². The number of rotatable bonds is 10. The molecule has 0 unspecified atom stereocenters. The van der Waals surface area contributed by atoms with Crippen LogP contribution in [-0.4, -0.2) is 39.4 Å². The van der Waals surface area contributed by atoms with Crippen molar-refractivity contribution < 1.29 is 18.7 Å². The lowest BCUT2D eigenvalue weighted by Gasteiger charge is -2.20. The number of benzene rings is 2. The minimum Gasteiger partial charge on any atom is -0.494 e. The molecule has 1 N–H and O–H groups in total. The molecule has 0 saturated carbocycles. The molecule has 0 spiro atoms. The Hall–Kier alpha value is -4.33. The lowest BCUT2D eigenvalue weighted by molar-refractivity contribution is -0.135. The Labute approximate surface area is 204 Å². The lowest BCUT2D eigenvalue weighted by Crippen LogP contribution is -2.37. The molecule has 2 aromatic carbocycles. The Morgan fingerprint density at radius 3 is 2.60 bits per heavy atom. The number of amides is 2. The number of nitrogens with zero attached hydrogens (tertiary/aromatic N) is 3. The first-order valence-electron chi connectivity index (χ1n) is 11.6. The summed E-state index contributed by atoms with van der Waals surface area (Å²) < 4.78 is 12.8. The minimum atomic E-state index is -0.356. The SMILES string of the molecule is CCOc1cccc(-n2cc(-c3ccccc3)nc2NC(=O)CN(Cc2ccco2)C(=O)CC)c1. The maximum atomic E-state index is 13.1.